The highest BCUT2D eigenvalue weighted by Crippen LogP contribution is 2.30. The Morgan fingerprint density at radius 3 is 2.47 bits per heavy atom. The molecule has 5 nitrogen and oxygen atoms in total. The van der Waals surface area contributed by atoms with Gasteiger partial charge in [-0.25, -0.2) is 4.98 Å². The molecule has 1 aliphatic rings. The van der Waals surface area contributed by atoms with E-state index in [1.54, 1.807) is 0 Å². The van der Waals surface area contributed by atoms with Crippen molar-refractivity contribution < 1.29 is 4.79 Å². The molecule has 0 bridgehead atoms. The third-order valence-corrected chi connectivity index (χ3v) is 6.61. The molecule has 0 radical (unpaired) electrons. The van der Waals surface area contributed by atoms with Crippen molar-refractivity contribution in [1.82, 2.24) is 14.8 Å². The maximum Gasteiger partial charge on any atom is 0.240 e. The number of benzene rings is 2. The number of carbonyl (C=O) groups is 1. The fourth-order valence-electron chi connectivity index (χ4n) is 4.12. The molecule has 3 aromatic rings. The Morgan fingerprint density at radius 1 is 1.06 bits per heavy atom. The van der Waals surface area contributed by atoms with Gasteiger partial charge in [-0.05, 0) is 23.3 Å². The van der Waals surface area contributed by atoms with Crippen LogP contribution in [0.4, 0.5) is 5.13 Å². The van der Waals surface area contributed by atoms with Crippen molar-refractivity contribution in [3.05, 3.63) is 97.1 Å². The fourth-order valence-corrected chi connectivity index (χ4v) is 5.01. The van der Waals surface area contributed by atoms with E-state index < -0.39 is 0 Å². The zero-order valence-corrected chi connectivity index (χ0v) is 18.9. The molecule has 32 heavy (non-hydrogen) atoms. The molecule has 1 unspecified atom stereocenters. The van der Waals surface area contributed by atoms with Crippen molar-refractivity contribution in [2.75, 3.05) is 38.0 Å². The van der Waals surface area contributed by atoms with Gasteiger partial charge in [0.05, 0.1) is 22.8 Å². The highest BCUT2D eigenvalue weighted by Gasteiger charge is 2.27. The fraction of sp³-hybridized carbons (Fsp3) is 0.231. The van der Waals surface area contributed by atoms with Crippen molar-refractivity contribution in [1.29, 1.82) is 0 Å². The quantitative estimate of drug-likeness (QED) is 0.503. The lowest BCUT2D eigenvalue weighted by molar-refractivity contribution is -0.117. The van der Waals surface area contributed by atoms with Gasteiger partial charge in [0.25, 0.3) is 0 Å². The lowest BCUT2D eigenvalue weighted by Gasteiger charge is -2.39. The van der Waals surface area contributed by atoms with Gasteiger partial charge >= 0.3 is 0 Å². The van der Waals surface area contributed by atoms with Crippen molar-refractivity contribution in [3.8, 4) is 0 Å². The van der Waals surface area contributed by atoms with Gasteiger partial charge in [0.2, 0.25) is 5.91 Å². The molecule has 2 aromatic carbocycles. The summed E-state index contributed by atoms with van der Waals surface area (Å²) < 4.78 is 1.08. The lowest BCUT2D eigenvalue weighted by Crippen LogP contribution is -2.49. The van der Waals surface area contributed by atoms with Gasteiger partial charge < -0.3 is 5.32 Å². The van der Waals surface area contributed by atoms with E-state index in [0.717, 1.165) is 42.0 Å². The number of para-hydroxylation sites is 1. The Hall–Kier alpha value is -3.06. The Bertz CT molecular complexity index is 1080. The summed E-state index contributed by atoms with van der Waals surface area (Å²) in [6.07, 6.45) is 5.76. The number of hydrogen-bond donors (Lipinski definition) is 1. The Balaban J connectivity index is 1.37. The molecule has 6 heteroatoms. The summed E-state index contributed by atoms with van der Waals surface area (Å²) >= 11 is 1.51. The lowest BCUT2D eigenvalue weighted by atomic mass is 9.95. The number of rotatable bonds is 8. The SMILES string of the molecule is C=C/C=C(\C=C)C(c1ccccc1)N1CCN(CC(=O)Nc2nc3ccccc3s2)CC1. The van der Waals surface area contributed by atoms with E-state index in [-0.39, 0.29) is 11.9 Å². The zero-order valence-electron chi connectivity index (χ0n) is 18.1. The highest BCUT2D eigenvalue weighted by atomic mass is 32.1. The van der Waals surface area contributed by atoms with Crippen LogP contribution in [0.3, 0.4) is 0 Å². The normalized spacial score (nSPS) is 16.6. The van der Waals surface area contributed by atoms with Crippen LogP contribution in [0.15, 0.2) is 91.6 Å². The number of allylic oxidation sites excluding steroid dienone is 2. The summed E-state index contributed by atoms with van der Waals surface area (Å²) in [7, 11) is 0. The second-order valence-electron chi connectivity index (χ2n) is 7.77. The maximum absolute atomic E-state index is 12.6. The minimum Gasteiger partial charge on any atom is -0.301 e. The number of amides is 1. The summed E-state index contributed by atoms with van der Waals surface area (Å²) in [6, 6.07) is 18.5. The van der Waals surface area contributed by atoms with Gasteiger partial charge in [-0.15, -0.1) is 0 Å². The van der Waals surface area contributed by atoms with E-state index >= 15 is 0 Å². The summed E-state index contributed by atoms with van der Waals surface area (Å²) in [4.78, 5) is 21.8. The monoisotopic (exact) mass is 444 g/mol. The topological polar surface area (TPSA) is 48.5 Å². The van der Waals surface area contributed by atoms with Gasteiger partial charge in [-0.2, -0.15) is 0 Å². The van der Waals surface area contributed by atoms with Crippen LogP contribution >= 0.6 is 11.3 Å². The largest absolute Gasteiger partial charge is 0.301 e. The first-order valence-corrected chi connectivity index (χ1v) is 11.6. The molecule has 0 spiro atoms. The molecule has 0 aliphatic carbocycles. The zero-order chi connectivity index (χ0) is 22.3. The minimum absolute atomic E-state index is 0.0181. The molecule has 1 saturated heterocycles. The van der Waals surface area contributed by atoms with Crippen LogP contribution in [-0.4, -0.2) is 53.4 Å². The predicted octanol–water partition coefficient (Wildman–Crippen LogP) is 4.89. The number of fused-ring (bicyclic) bond motifs is 1. The Morgan fingerprint density at radius 2 is 1.78 bits per heavy atom. The smallest absolute Gasteiger partial charge is 0.240 e. The third kappa shape index (κ3) is 5.22. The first-order chi connectivity index (χ1) is 15.7. The summed E-state index contributed by atoms with van der Waals surface area (Å²) in [5.74, 6) is -0.0181. The third-order valence-electron chi connectivity index (χ3n) is 5.66. The number of nitrogens with one attached hydrogen (secondary N) is 1. The van der Waals surface area contributed by atoms with Gasteiger partial charge in [0.1, 0.15) is 0 Å². The summed E-state index contributed by atoms with van der Waals surface area (Å²) in [6.45, 7) is 11.7. The number of thiazole rings is 1. The summed E-state index contributed by atoms with van der Waals surface area (Å²) in [5.41, 5.74) is 3.29. The first kappa shape index (κ1) is 22.1. The number of anilines is 1. The van der Waals surface area contributed by atoms with Crippen LogP contribution < -0.4 is 5.32 Å². The molecule has 4 rings (SSSR count). The molecule has 1 N–H and O–H groups in total. The van der Waals surface area contributed by atoms with Crippen LogP contribution in [-0.2, 0) is 4.79 Å². The Labute approximate surface area is 193 Å². The average Bonchev–Trinajstić information content (AvgIpc) is 3.22. The standard InChI is InChI=1S/C26H28N4OS/c1-3-10-20(4-2)25(21-11-6-5-7-12-21)30-17-15-29(16-18-30)19-24(31)28-26-27-22-13-8-9-14-23(22)32-26/h3-14,25H,1-2,15-19H2,(H,27,28,31)/b20-10+. The summed E-state index contributed by atoms with van der Waals surface area (Å²) in [5, 5.41) is 3.62. The number of hydrogen-bond acceptors (Lipinski definition) is 5. The number of nitrogens with zero attached hydrogens (tertiary/aromatic N) is 3. The van der Waals surface area contributed by atoms with Crippen molar-refractivity contribution >= 4 is 32.6 Å². The Kier molecular flexibility index (Phi) is 7.27. The molecule has 1 aromatic heterocycles. The second kappa shape index (κ2) is 10.5. The van der Waals surface area contributed by atoms with E-state index in [1.807, 2.05) is 48.6 Å². The molecule has 164 valence electrons. The van der Waals surface area contributed by atoms with E-state index in [1.165, 1.54) is 16.9 Å². The van der Waals surface area contributed by atoms with Crippen LogP contribution in [0.25, 0.3) is 10.2 Å². The molecular formula is C26H28N4OS. The molecule has 1 amide bonds. The number of aromatic nitrogens is 1. The van der Waals surface area contributed by atoms with Crippen LogP contribution in [0.1, 0.15) is 11.6 Å². The van der Waals surface area contributed by atoms with E-state index in [2.05, 4.69) is 57.5 Å². The predicted molar refractivity (Wildman–Crippen MR) is 134 cm³/mol. The van der Waals surface area contributed by atoms with Crippen LogP contribution in [0.5, 0.6) is 0 Å². The molecule has 1 aliphatic heterocycles. The minimum atomic E-state index is -0.0181. The molecule has 1 fully saturated rings. The first-order valence-electron chi connectivity index (χ1n) is 10.8. The highest BCUT2D eigenvalue weighted by molar-refractivity contribution is 7.22. The van der Waals surface area contributed by atoms with Crippen molar-refractivity contribution in [3.63, 3.8) is 0 Å². The van der Waals surface area contributed by atoms with Gasteiger partial charge in [-0.3, -0.25) is 14.6 Å². The second-order valence-corrected chi connectivity index (χ2v) is 8.80. The molecule has 0 saturated carbocycles. The number of piperazine rings is 1. The average molecular weight is 445 g/mol. The van der Waals surface area contributed by atoms with E-state index in [0.29, 0.717) is 11.7 Å². The van der Waals surface area contributed by atoms with E-state index in [9.17, 15) is 4.79 Å². The van der Waals surface area contributed by atoms with Gasteiger partial charge in [0.15, 0.2) is 5.13 Å². The molecule has 1 atom stereocenters. The van der Waals surface area contributed by atoms with Crippen molar-refractivity contribution in [2.24, 2.45) is 0 Å². The molecule has 2 heterocycles. The van der Waals surface area contributed by atoms with Crippen LogP contribution in [0.2, 0.25) is 0 Å². The molecular weight excluding hydrogens is 416 g/mol. The van der Waals surface area contributed by atoms with Gasteiger partial charge in [0, 0.05) is 26.2 Å². The maximum atomic E-state index is 12.6. The van der Waals surface area contributed by atoms with Crippen LogP contribution in [0, 0.1) is 0 Å². The van der Waals surface area contributed by atoms with Crippen molar-refractivity contribution in [2.45, 2.75) is 6.04 Å². The van der Waals surface area contributed by atoms with Gasteiger partial charge in [-0.1, -0.05) is 85.2 Å². The van der Waals surface area contributed by atoms with E-state index in [4.69, 9.17) is 0 Å². The number of carbonyl (C=O) groups excluding carboxylic acids is 1.